The normalized spacial score (nSPS) is 16.6. The Morgan fingerprint density at radius 2 is 2.00 bits per heavy atom. The number of carbonyl (C=O) groups is 1. The van der Waals surface area contributed by atoms with Crippen LogP contribution in [0.25, 0.3) is 0 Å². The van der Waals surface area contributed by atoms with E-state index in [1.165, 1.54) is 11.1 Å². The van der Waals surface area contributed by atoms with E-state index in [1.54, 1.807) is 0 Å². The smallest absolute Gasteiger partial charge is 0.230 e. The molecule has 4 heteroatoms. The van der Waals surface area contributed by atoms with Crippen molar-refractivity contribution in [3.8, 4) is 0 Å². The van der Waals surface area contributed by atoms with E-state index in [-0.39, 0.29) is 23.7 Å². The van der Waals surface area contributed by atoms with E-state index in [0.717, 1.165) is 25.7 Å². The number of hydrogen-bond acceptors (Lipinski definition) is 2. The fourth-order valence-corrected chi connectivity index (χ4v) is 3.12. The quantitative estimate of drug-likeness (QED) is 0.928. The predicted molar refractivity (Wildman–Crippen MR) is 84.9 cm³/mol. The third kappa shape index (κ3) is 3.53. The van der Waals surface area contributed by atoms with Gasteiger partial charge in [0.25, 0.3) is 0 Å². The third-order valence-corrected chi connectivity index (χ3v) is 4.25. The molecule has 1 aliphatic rings. The van der Waals surface area contributed by atoms with Crippen molar-refractivity contribution in [3.05, 3.63) is 35.4 Å². The van der Waals surface area contributed by atoms with E-state index in [4.69, 9.17) is 5.73 Å². The second kappa shape index (κ2) is 7.09. The molecule has 0 bridgehead atoms. The Balaban J connectivity index is 0.00000200. The minimum absolute atomic E-state index is 0. The van der Waals surface area contributed by atoms with Crippen LogP contribution in [0.15, 0.2) is 24.3 Å². The molecule has 0 saturated heterocycles. The predicted octanol–water partition coefficient (Wildman–Crippen LogP) is 2.89. The number of benzene rings is 1. The van der Waals surface area contributed by atoms with Crippen molar-refractivity contribution in [2.75, 3.05) is 13.6 Å². The lowest BCUT2D eigenvalue weighted by Gasteiger charge is -2.31. The number of halogens is 1. The van der Waals surface area contributed by atoms with E-state index < -0.39 is 0 Å². The topological polar surface area (TPSA) is 46.3 Å². The van der Waals surface area contributed by atoms with Gasteiger partial charge < -0.3 is 10.6 Å². The first kappa shape index (κ1) is 17.0. The first-order valence-corrected chi connectivity index (χ1v) is 7.09. The minimum atomic E-state index is -0.293. The van der Waals surface area contributed by atoms with Crippen LogP contribution in [0.1, 0.15) is 36.8 Å². The van der Waals surface area contributed by atoms with Gasteiger partial charge in [-0.2, -0.15) is 0 Å². The van der Waals surface area contributed by atoms with E-state index >= 15 is 0 Å². The molecule has 20 heavy (non-hydrogen) atoms. The zero-order chi connectivity index (χ0) is 13.9. The van der Waals surface area contributed by atoms with Crippen LogP contribution in [-0.2, 0) is 11.3 Å². The number of hydrogen-bond donors (Lipinski definition) is 1. The van der Waals surface area contributed by atoms with Gasteiger partial charge in [-0.25, -0.2) is 0 Å². The highest BCUT2D eigenvalue weighted by Gasteiger charge is 2.41. The second-order valence-corrected chi connectivity index (χ2v) is 5.84. The molecule has 0 atom stereocenters. The lowest BCUT2D eigenvalue weighted by atomic mass is 9.84. The Morgan fingerprint density at radius 3 is 2.55 bits per heavy atom. The molecule has 112 valence electrons. The molecule has 2 rings (SSSR count). The van der Waals surface area contributed by atoms with E-state index in [2.05, 4.69) is 25.1 Å². The Morgan fingerprint density at radius 1 is 1.35 bits per heavy atom. The number of carbonyl (C=O) groups excluding carboxylic acids is 1. The van der Waals surface area contributed by atoms with Crippen LogP contribution in [0, 0.1) is 12.3 Å². The highest BCUT2D eigenvalue weighted by atomic mass is 35.5. The summed E-state index contributed by atoms with van der Waals surface area (Å²) in [6.07, 6.45) is 4.14. The van der Waals surface area contributed by atoms with Gasteiger partial charge in [0.05, 0.1) is 5.41 Å². The Labute approximate surface area is 127 Å². The second-order valence-electron chi connectivity index (χ2n) is 5.84. The summed E-state index contributed by atoms with van der Waals surface area (Å²) in [5.41, 5.74) is 8.00. The molecule has 0 radical (unpaired) electrons. The number of nitrogens with two attached hydrogens (primary N) is 1. The molecule has 1 amide bonds. The summed E-state index contributed by atoms with van der Waals surface area (Å²) in [5, 5.41) is 0. The van der Waals surface area contributed by atoms with Crippen LogP contribution in [0.2, 0.25) is 0 Å². The fraction of sp³-hybridized carbons (Fsp3) is 0.562. The first-order chi connectivity index (χ1) is 9.07. The Bertz CT molecular complexity index is 456. The molecule has 0 aromatic heterocycles. The van der Waals surface area contributed by atoms with Crippen molar-refractivity contribution in [1.82, 2.24) is 4.90 Å². The molecule has 0 heterocycles. The molecule has 0 unspecified atom stereocenters. The molecule has 1 saturated carbocycles. The SMILES string of the molecule is Cc1cccc(CN(C)C(=O)C2(CN)CCCC2)c1.Cl. The van der Waals surface area contributed by atoms with Crippen molar-refractivity contribution in [2.45, 2.75) is 39.2 Å². The zero-order valence-corrected chi connectivity index (χ0v) is 13.2. The number of nitrogens with zero attached hydrogens (tertiary/aromatic N) is 1. The number of aryl methyl sites for hydroxylation is 1. The van der Waals surface area contributed by atoms with Gasteiger partial charge in [0.2, 0.25) is 5.91 Å². The average molecular weight is 297 g/mol. The summed E-state index contributed by atoms with van der Waals surface area (Å²) in [4.78, 5) is 14.5. The Kier molecular flexibility index (Phi) is 6.03. The van der Waals surface area contributed by atoms with Crippen molar-refractivity contribution in [3.63, 3.8) is 0 Å². The maximum atomic E-state index is 12.6. The van der Waals surface area contributed by atoms with Crippen LogP contribution in [0.4, 0.5) is 0 Å². The fourth-order valence-electron chi connectivity index (χ4n) is 3.12. The maximum Gasteiger partial charge on any atom is 0.230 e. The summed E-state index contributed by atoms with van der Waals surface area (Å²) in [5.74, 6) is 0.217. The van der Waals surface area contributed by atoms with E-state index in [1.807, 2.05) is 18.0 Å². The van der Waals surface area contributed by atoms with Gasteiger partial charge in [0, 0.05) is 20.1 Å². The highest BCUT2D eigenvalue weighted by molar-refractivity contribution is 5.85. The summed E-state index contributed by atoms with van der Waals surface area (Å²) in [6.45, 7) is 3.22. The van der Waals surface area contributed by atoms with Crippen LogP contribution in [0.3, 0.4) is 0 Å². The van der Waals surface area contributed by atoms with Crippen molar-refractivity contribution in [1.29, 1.82) is 0 Å². The number of rotatable bonds is 4. The first-order valence-electron chi connectivity index (χ1n) is 7.09. The molecule has 0 aliphatic heterocycles. The van der Waals surface area contributed by atoms with Gasteiger partial charge in [-0.1, -0.05) is 42.7 Å². The van der Waals surface area contributed by atoms with Crippen LogP contribution < -0.4 is 5.73 Å². The summed E-state index contributed by atoms with van der Waals surface area (Å²) >= 11 is 0. The lowest BCUT2D eigenvalue weighted by molar-refractivity contribution is -0.140. The van der Waals surface area contributed by atoms with Gasteiger partial charge in [-0.15, -0.1) is 12.4 Å². The molecule has 3 nitrogen and oxygen atoms in total. The standard InChI is InChI=1S/C16H24N2O.ClH/c1-13-6-5-7-14(10-13)11-18(2)15(19)16(12-17)8-3-4-9-16;/h5-7,10H,3-4,8-9,11-12,17H2,1-2H3;1H. The molecule has 1 fully saturated rings. The van der Waals surface area contributed by atoms with Gasteiger partial charge in [-0.3, -0.25) is 4.79 Å². The summed E-state index contributed by atoms with van der Waals surface area (Å²) < 4.78 is 0. The van der Waals surface area contributed by atoms with Crippen LogP contribution in [0.5, 0.6) is 0 Å². The largest absolute Gasteiger partial charge is 0.341 e. The Hall–Kier alpha value is -1.06. The molecular weight excluding hydrogens is 272 g/mol. The maximum absolute atomic E-state index is 12.6. The highest BCUT2D eigenvalue weighted by Crippen LogP contribution is 2.38. The molecule has 1 aromatic carbocycles. The monoisotopic (exact) mass is 296 g/mol. The van der Waals surface area contributed by atoms with Crippen molar-refractivity contribution < 1.29 is 4.79 Å². The summed E-state index contributed by atoms with van der Waals surface area (Å²) in [7, 11) is 1.89. The third-order valence-electron chi connectivity index (χ3n) is 4.25. The molecule has 1 aliphatic carbocycles. The van der Waals surface area contributed by atoms with Gasteiger partial charge in [0.1, 0.15) is 0 Å². The van der Waals surface area contributed by atoms with Crippen molar-refractivity contribution >= 4 is 18.3 Å². The minimum Gasteiger partial charge on any atom is -0.341 e. The van der Waals surface area contributed by atoms with Gasteiger partial charge >= 0.3 is 0 Å². The van der Waals surface area contributed by atoms with Crippen LogP contribution >= 0.6 is 12.4 Å². The van der Waals surface area contributed by atoms with Gasteiger partial charge in [0.15, 0.2) is 0 Å². The molecule has 1 aromatic rings. The molecular formula is C16H25ClN2O. The molecule has 0 spiro atoms. The van der Waals surface area contributed by atoms with Crippen molar-refractivity contribution in [2.24, 2.45) is 11.1 Å². The molecule has 2 N–H and O–H groups in total. The summed E-state index contributed by atoms with van der Waals surface area (Å²) in [6, 6.07) is 8.31. The number of amides is 1. The zero-order valence-electron chi connectivity index (χ0n) is 12.4. The lowest BCUT2D eigenvalue weighted by Crippen LogP contribution is -2.44. The van der Waals surface area contributed by atoms with E-state index in [0.29, 0.717) is 13.1 Å². The van der Waals surface area contributed by atoms with Crippen LogP contribution in [-0.4, -0.2) is 24.4 Å². The van der Waals surface area contributed by atoms with Gasteiger partial charge in [-0.05, 0) is 25.3 Å². The van der Waals surface area contributed by atoms with E-state index in [9.17, 15) is 4.79 Å². The average Bonchev–Trinajstić information content (AvgIpc) is 2.87.